The molecular weight excluding hydrogens is 352 g/mol. The monoisotopic (exact) mass is 372 g/mol. The van der Waals surface area contributed by atoms with Crippen molar-refractivity contribution in [3.8, 4) is 11.5 Å². The van der Waals surface area contributed by atoms with Crippen LogP contribution in [0.3, 0.4) is 0 Å². The quantitative estimate of drug-likeness (QED) is 0.810. The van der Waals surface area contributed by atoms with Gasteiger partial charge >= 0.3 is 0 Å². The van der Waals surface area contributed by atoms with Crippen LogP contribution in [-0.4, -0.2) is 41.5 Å². The van der Waals surface area contributed by atoms with E-state index in [1.54, 1.807) is 28.2 Å². The molecule has 2 aromatic rings. The Kier molecular flexibility index (Phi) is 4.55. The van der Waals surface area contributed by atoms with Crippen molar-refractivity contribution in [2.75, 3.05) is 13.8 Å². The van der Waals surface area contributed by atoms with E-state index in [1.165, 1.54) is 0 Å². The number of nitrogens with zero attached hydrogens (tertiary/aromatic N) is 2. The fourth-order valence-electron chi connectivity index (χ4n) is 3.39. The van der Waals surface area contributed by atoms with Gasteiger partial charge in [0.25, 0.3) is 0 Å². The Bertz CT molecular complexity index is 821. The summed E-state index contributed by atoms with van der Waals surface area (Å²) in [4.78, 5) is 29.8. The SMILES string of the molecule is CN(Cc1cccs1)C(=O)C1CCC(=O)N1Cc1ccc2c(c1)OCO2. The number of likely N-dealkylation sites (tertiary alicyclic amines) is 1. The van der Waals surface area contributed by atoms with Gasteiger partial charge in [-0.15, -0.1) is 11.3 Å². The van der Waals surface area contributed by atoms with Crippen LogP contribution < -0.4 is 9.47 Å². The highest BCUT2D eigenvalue weighted by Crippen LogP contribution is 2.33. The van der Waals surface area contributed by atoms with Crippen LogP contribution in [0.1, 0.15) is 23.3 Å². The van der Waals surface area contributed by atoms with Crippen molar-refractivity contribution >= 4 is 23.2 Å². The highest BCUT2D eigenvalue weighted by molar-refractivity contribution is 7.09. The molecule has 1 fully saturated rings. The minimum absolute atomic E-state index is 0.00927. The fraction of sp³-hybridized carbons (Fsp3) is 0.368. The summed E-state index contributed by atoms with van der Waals surface area (Å²) in [5.41, 5.74) is 0.934. The van der Waals surface area contributed by atoms with Gasteiger partial charge in [0.15, 0.2) is 11.5 Å². The number of hydrogen-bond acceptors (Lipinski definition) is 5. The standard InChI is InChI=1S/C19H20N2O4S/c1-20(11-14-3-2-8-26-14)19(23)15-5-7-18(22)21(15)10-13-4-6-16-17(9-13)25-12-24-16/h2-4,6,8-9,15H,5,7,10-12H2,1H3. The molecular formula is C19H20N2O4S. The molecule has 3 heterocycles. The topological polar surface area (TPSA) is 59.1 Å². The van der Waals surface area contributed by atoms with Crippen molar-refractivity contribution < 1.29 is 19.1 Å². The summed E-state index contributed by atoms with van der Waals surface area (Å²) in [5, 5.41) is 2.00. The molecule has 136 valence electrons. The number of ether oxygens (including phenoxy) is 2. The van der Waals surface area contributed by atoms with Gasteiger partial charge in [0.05, 0.1) is 6.54 Å². The van der Waals surface area contributed by atoms with Crippen LogP contribution in [0.5, 0.6) is 11.5 Å². The number of benzene rings is 1. The lowest BCUT2D eigenvalue weighted by molar-refractivity contribution is -0.141. The van der Waals surface area contributed by atoms with Crippen LogP contribution >= 0.6 is 11.3 Å². The minimum Gasteiger partial charge on any atom is -0.454 e. The molecule has 2 amide bonds. The van der Waals surface area contributed by atoms with E-state index in [0.29, 0.717) is 37.4 Å². The number of hydrogen-bond donors (Lipinski definition) is 0. The van der Waals surface area contributed by atoms with Gasteiger partial charge in [-0.1, -0.05) is 12.1 Å². The van der Waals surface area contributed by atoms with Gasteiger partial charge in [0, 0.05) is 24.9 Å². The third-order valence-corrected chi connectivity index (χ3v) is 5.61. The first kappa shape index (κ1) is 16.9. The predicted molar refractivity (Wildman–Crippen MR) is 96.9 cm³/mol. The van der Waals surface area contributed by atoms with Crippen LogP contribution in [-0.2, 0) is 22.7 Å². The molecule has 0 N–H and O–H groups in total. The first-order valence-corrected chi connectivity index (χ1v) is 9.45. The lowest BCUT2D eigenvalue weighted by Crippen LogP contribution is -2.44. The molecule has 1 saturated heterocycles. The normalized spacial score (nSPS) is 18.4. The molecule has 0 aliphatic carbocycles. The molecule has 4 rings (SSSR count). The third kappa shape index (κ3) is 3.26. The van der Waals surface area contributed by atoms with Gasteiger partial charge in [0.2, 0.25) is 18.6 Å². The summed E-state index contributed by atoms with van der Waals surface area (Å²) in [6.07, 6.45) is 0.977. The van der Waals surface area contributed by atoms with Gasteiger partial charge < -0.3 is 19.3 Å². The Labute approximate surface area is 155 Å². The summed E-state index contributed by atoms with van der Waals surface area (Å²) in [6.45, 7) is 1.19. The highest BCUT2D eigenvalue weighted by atomic mass is 32.1. The van der Waals surface area contributed by atoms with E-state index in [1.807, 2.05) is 35.7 Å². The van der Waals surface area contributed by atoms with Crippen molar-refractivity contribution in [2.45, 2.75) is 32.0 Å². The van der Waals surface area contributed by atoms with Gasteiger partial charge in [-0.2, -0.15) is 0 Å². The molecule has 1 unspecified atom stereocenters. The van der Waals surface area contributed by atoms with Crippen LogP contribution in [0, 0.1) is 0 Å². The van der Waals surface area contributed by atoms with Crippen molar-refractivity contribution in [1.82, 2.24) is 9.80 Å². The summed E-state index contributed by atoms with van der Waals surface area (Å²) in [7, 11) is 1.80. The van der Waals surface area contributed by atoms with Crippen LogP contribution in [0.4, 0.5) is 0 Å². The molecule has 1 aromatic heterocycles. The second-order valence-electron chi connectivity index (χ2n) is 6.54. The summed E-state index contributed by atoms with van der Waals surface area (Å²) in [6, 6.07) is 9.22. The fourth-order valence-corrected chi connectivity index (χ4v) is 4.15. The highest BCUT2D eigenvalue weighted by Gasteiger charge is 2.37. The van der Waals surface area contributed by atoms with Gasteiger partial charge in [-0.3, -0.25) is 9.59 Å². The van der Waals surface area contributed by atoms with E-state index in [0.717, 1.165) is 10.4 Å². The van der Waals surface area contributed by atoms with Crippen molar-refractivity contribution in [3.63, 3.8) is 0 Å². The average Bonchev–Trinajstić information content (AvgIpc) is 3.37. The maximum Gasteiger partial charge on any atom is 0.245 e. The molecule has 1 atom stereocenters. The minimum atomic E-state index is -0.405. The van der Waals surface area contributed by atoms with E-state index in [2.05, 4.69) is 0 Å². The molecule has 26 heavy (non-hydrogen) atoms. The second kappa shape index (κ2) is 6.99. The molecule has 7 heteroatoms. The maximum absolute atomic E-state index is 12.9. The van der Waals surface area contributed by atoms with Crippen LogP contribution in [0.25, 0.3) is 0 Å². The Hall–Kier alpha value is -2.54. The number of fused-ring (bicyclic) bond motifs is 1. The van der Waals surface area contributed by atoms with E-state index >= 15 is 0 Å². The van der Waals surface area contributed by atoms with E-state index in [9.17, 15) is 9.59 Å². The van der Waals surface area contributed by atoms with Crippen molar-refractivity contribution in [3.05, 3.63) is 46.2 Å². The molecule has 0 spiro atoms. The lowest BCUT2D eigenvalue weighted by Gasteiger charge is -2.28. The summed E-state index contributed by atoms with van der Waals surface area (Å²) >= 11 is 1.63. The van der Waals surface area contributed by atoms with Crippen LogP contribution in [0.2, 0.25) is 0 Å². The van der Waals surface area contributed by atoms with E-state index in [4.69, 9.17) is 9.47 Å². The molecule has 2 aliphatic heterocycles. The molecule has 1 aromatic carbocycles. The van der Waals surface area contributed by atoms with Crippen molar-refractivity contribution in [1.29, 1.82) is 0 Å². The van der Waals surface area contributed by atoms with Gasteiger partial charge in [-0.05, 0) is 35.6 Å². The molecule has 0 bridgehead atoms. The number of likely N-dealkylation sites (N-methyl/N-ethyl adjacent to an activating group) is 1. The zero-order chi connectivity index (χ0) is 18.1. The smallest absolute Gasteiger partial charge is 0.245 e. The van der Waals surface area contributed by atoms with E-state index in [-0.39, 0.29) is 18.6 Å². The second-order valence-corrected chi connectivity index (χ2v) is 7.57. The number of thiophene rings is 1. The Balaban J connectivity index is 1.47. The molecule has 6 nitrogen and oxygen atoms in total. The Morgan fingerprint density at radius 2 is 2.15 bits per heavy atom. The Morgan fingerprint density at radius 3 is 2.96 bits per heavy atom. The van der Waals surface area contributed by atoms with Gasteiger partial charge in [0.1, 0.15) is 6.04 Å². The number of amides is 2. The number of carbonyl (C=O) groups is 2. The first-order valence-electron chi connectivity index (χ1n) is 8.57. The van der Waals surface area contributed by atoms with Gasteiger partial charge in [-0.25, -0.2) is 0 Å². The van der Waals surface area contributed by atoms with Crippen LogP contribution in [0.15, 0.2) is 35.7 Å². The zero-order valence-corrected chi connectivity index (χ0v) is 15.3. The predicted octanol–water partition coefficient (Wildman–Crippen LogP) is 2.63. The Morgan fingerprint density at radius 1 is 1.31 bits per heavy atom. The number of carbonyl (C=O) groups excluding carboxylic acids is 2. The van der Waals surface area contributed by atoms with Crippen molar-refractivity contribution in [2.24, 2.45) is 0 Å². The third-order valence-electron chi connectivity index (χ3n) is 4.75. The summed E-state index contributed by atoms with van der Waals surface area (Å²) in [5.74, 6) is 1.41. The molecule has 2 aliphatic rings. The summed E-state index contributed by atoms with van der Waals surface area (Å²) < 4.78 is 10.7. The molecule has 0 saturated carbocycles. The molecule has 0 radical (unpaired) electrons. The zero-order valence-electron chi connectivity index (χ0n) is 14.5. The maximum atomic E-state index is 12.9. The average molecular weight is 372 g/mol. The lowest BCUT2D eigenvalue weighted by atomic mass is 10.1. The largest absolute Gasteiger partial charge is 0.454 e. The number of rotatable bonds is 5. The first-order chi connectivity index (χ1) is 12.6. The van der Waals surface area contributed by atoms with E-state index < -0.39 is 6.04 Å².